The molecule has 0 bridgehead atoms. The van der Waals surface area contributed by atoms with E-state index in [2.05, 4.69) is 5.32 Å². The van der Waals surface area contributed by atoms with Crippen molar-refractivity contribution in [3.05, 3.63) is 63.2 Å². The topological polar surface area (TPSA) is 110 Å². The van der Waals surface area contributed by atoms with Gasteiger partial charge in [0.25, 0.3) is 5.69 Å². The van der Waals surface area contributed by atoms with Gasteiger partial charge in [0.05, 0.1) is 21.4 Å². The molecule has 1 heterocycles. The highest BCUT2D eigenvalue weighted by molar-refractivity contribution is 7.89. The van der Waals surface area contributed by atoms with Crippen molar-refractivity contribution in [2.75, 3.05) is 18.4 Å². The van der Waals surface area contributed by atoms with Crippen LogP contribution in [-0.2, 0) is 14.8 Å². The predicted molar refractivity (Wildman–Crippen MR) is 109 cm³/mol. The van der Waals surface area contributed by atoms with Crippen LogP contribution in [0.1, 0.15) is 18.4 Å². The molecular weight excluding hydrogens is 418 g/mol. The van der Waals surface area contributed by atoms with Crippen molar-refractivity contribution in [2.45, 2.75) is 24.7 Å². The first kappa shape index (κ1) is 21.2. The number of carbonyl (C=O) groups is 1. The summed E-state index contributed by atoms with van der Waals surface area (Å²) in [5.41, 5.74) is 0.911. The number of nitrogens with one attached hydrogen (secondary N) is 1. The number of piperidine rings is 1. The van der Waals surface area contributed by atoms with E-state index in [1.54, 1.807) is 13.0 Å². The van der Waals surface area contributed by atoms with Gasteiger partial charge in [0.2, 0.25) is 15.9 Å². The van der Waals surface area contributed by atoms with Gasteiger partial charge in [-0.1, -0.05) is 17.7 Å². The minimum absolute atomic E-state index is 0.0464. The Hall–Kier alpha value is -2.49. The van der Waals surface area contributed by atoms with Crippen LogP contribution < -0.4 is 5.32 Å². The zero-order valence-corrected chi connectivity index (χ0v) is 17.2. The van der Waals surface area contributed by atoms with Crippen LogP contribution in [-0.4, -0.2) is 36.6 Å². The van der Waals surface area contributed by atoms with Gasteiger partial charge in [-0.3, -0.25) is 14.9 Å². The molecule has 1 fully saturated rings. The molecule has 0 radical (unpaired) electrons. The van der Waals surface area contributed by atoms with E-state index in [9.17, 15) is 23.3 Å². The Labute approximate surface area is 173 Å². The van der Waals surface area contributed by atoms with E-state index in [1.165, 1.54) is 40.7 Å². The minimum Gasteiger partial charge on any atom is -0.325 e. The van der Waals surface area contributed by atoms with Crippen molar-refractivity contribution in [3.8, 4) is 0 Å². The van der Waals surface area contributed by atoms with Crippen LogP contribution >= 0.6 is 11.6 Å². The van der Waals surface area contributed by atoms with Crippen molar-refractivity contribution < 1.29 is 18.1 Å². The van der Waals surface area contributed by atoms with Gasteiger partial charge >= 0.3 is 0 Å². The van der Waals surface area contributed by atoms with Crippen molar-refractivity contribution >= 4 is 38.9 Å². The van der Waals surface area contributed by atoms with E-state index in [-0.39, 0.29) is 23.0 Å². The molecule has 1 saturated heterocycles. The third kappa shape index (κ3) is 4.75. The van der Waals surface area contributed by atoms with Crippen LogP contribution in [0, 0.1) is 23.0 Å². The van der Waals surface area contributed by atoms with Crippen LogP contribution in [0.5, 0.6) is 0 Å². The number of aryl methyl sites for hydroxylation is 1. The number of hydrogen-bond donors (Lipinski definition) is 1. The maximum absolute atomic E-state index is 12.9. The smallest absolute Gasteiger partial charge is 0.271 e. The minimum atomic E-state index is -3.74. The summed E-state index contributed by atoms with van der Waals surface area (Å²) in [6.07, 6.45) is 1.07. The van der Waals surface area contributed by atoms with E-state index in [0.29, 0.717) is 35.7 Å². The Morgan fingerprint density at radius 3 is 2.59 bits per heavy atom. The molecule has 3 rings (SSSR count). The number of anilines is 1. The normalized spacial score (nSPS) is 17.7. The van der Waals surface area contributed by atoms with Gasteiger partial charge in [-0.05, 0) is 49.6 Å². The van der Waals surface area contributed by atoms with Crippen LogP contribution in [0.2, 0.25) is 5.02 Å². The zero-order valence-electron chi connectivity index (χ0n) is 15.7. The third-order valence-electron chi connectivity index (χ3n) is 4.90. The molecule has 154 valence electrons. The van der Waals surface area contributed by atoms with E-state index in [4.69, 9.17) is 11.6 Å². The fraction of sp³-hybridized carbons (Fsp3) is 0.316. The average molecular weight is 438 g/mol. The fourth-order valence-corrected chi connectivity index (χ4v) is 4.87. The highest BCUT2D eigenvalue weighted by Gasteiger charge is 2.33. The number of rotatable bonds is 5. The first-order valence-electron chi connectivity index (χ1n) is 9.00. The van der Waals surface area contributed by atoms with Crippen LogP contribution in [0.25, 0.3) is 0 Å². The second kappa shape index (κ2) is 8.48. The molecule has 1 unspecified atom stereocenters. The molecular formula is C19H20ClN3O5S. The molecule has 1 amide bonds. The lowest BCUT2D eigenvalue weighted by Crippen LogP contribution is -2.43. The molecule has 1 atom stereocenters. The summed E-state index contributed by atoms with van der Waals surface area (Å²) in [6.45, 7) is 2.10. The van der Waals surface area contributed by atoms with E-state index in [1.807, 2.05) is 0 Å². The van der Waals surface area contributed by atoms with Gasteiger partial charge in [-0.15, -0.1) is 0 Å². The highest BCUT2D eigenvalue weighted by Crippen LogP contribution is 2.27. The first-order chi connectivity index (χ1) is 13.7. The summed E-state index contributed by atoms with van der Waals surface area (Å²) in [7, 11) is -3.74. The number of carbonyl (C=O) groups excluding carboxylic acids is 1. The van der Waals surface area contributed by atoms with Crippen molar-refractivity contribution in [1.82, 2.24) is 4.31 Å². The van der Waals surface area contributed by atoms with Crippen molar-refractivity contribution in [2.24, 2.45) is 5.92 Å². The van der Waals surface area contributed by atoms with E-state index in [0.717, 1.165) is 0 Å². The number of halogens is 1. The molecule has 0 aromatic heterocycles. The van der Waals surface area contributed by atoms with Crippen LogP contribution in [0.4, 0.5) is 11.4 Å². The molecule has 0 saturated carbocycles. The zero-order chi connectivity index (χ0) is 21.2. The van der Waals surface area contributed by atoms with Gasteiger partial charge in [0.15, 0.2) is 0 Å². The van der Waals surface area contributed by atoms with Gasteiger partial charge in [0.1, 0.15) is 0 Å². The Kier molecular flexibility index (Phi) is 6.21. The number of benzene rings is 2. The van der Waals surface area contributed by atoms with Gasteiger partial charge in [-0.25, -0.2) is 8.42 Å². The Balaban J connectivity index is 1.75. The lowest BCUT2D eigenvalue weighted by molar-refractivity contribution is -0.384. The quantitative estimate of drug-likeness (QED) is 0.567. The van der Waals surface area contributed by atoms with Gasteiger partial charge in [-0.2, -0.15) is 4.31 Å². The molecule has 2 aromatic carbocycles. The Bertz CT molecular complexity index is 1040. The van der Waals surface area contributed by atoms with Crippen LogP contribution in [0.15, 0.2) is 47.4 Å². The SMILES string of the molecule is Cc1ccc([N+](=O)[O-])cc1NC(=O)C1CCCN(S(=O)(=O)c2ccc(Cl)cc2)C1. The molecule has 29 heavy (non-hydrogen) atoms. The maximum Gasteiger partial charge on any atom is 0.271 e. The standard InChI is InChI=1S/C19H20ClN3O5S/c1-13-4-7-16(23(25)26)11-18(13)21-19(24)14-3-2-10-22(12-14)29(27,28)17-8-5-15(20)6-9-17/h4-9,11,14H,2-3,10,12H2,1H3,(H,21,24). The maximum atomic E-state index is 12.9. The first-order valence-corrected chi connectivity index (χ1v) is 10.8. The summed E-state index contributed by atoms with van der Waals surface area (Å²) >= 11 is 5.83. The van der Waals surface area contributed by atoms with Crippen molar-refractivity contribution in [1.29, 1.82) is 0 Å². The monoisotopic (exact) mass is 437 g/mol. The van der Waals surface area contributed by atoms with E-state index < -0.39 is 20.9 Å². The highest BCUT2D eigenvalue weighted by atomic mass is 35.5. The second-order valence-electron chi connectivity index (χ2n) is 6.90. The molecule has 0 spiro atoms. The lowest BCUT2D eigenvalue weighted by Gasteiger charge is -2.31. The molecule has 1 aliphatic rings. The number of nitro groups is 1. The summed E-state index contributed by atoms with van der Waals surface area (Å²) in [5, 5.41) is 14.1. The predicted octanol–water partition coefficient (Wildman–Crippen LogP) is 3.60. The van der Waals surface area contributed by atoms with Crippen LogP contribution in [0.3, 0.4) is 0 Å². The summed E-state index contributed by atoms with van der Waals surface area (Å²) in [4.78, 5) is 23.3. The number of nitrogens with zero attached hydrogens (tertiary/aromatic N) is 2. The molecule has 1 aliphatic heterocycles. The van der Waals surface area contributed by atoms with Gasteiger partial charge < -0.3 is 5.32 Å². The van der Waals surface area contributed by atoms with E-state index >= 15 is 0 Å². The van der Waals surface area contributed by atoms with Gasteiger partial charge in [0, 0.05) is 30.2 Å². The lowest BCUT2D eigenvalue weighted by atomic mass is 9.98. The molecule has 0 aliphatic carbocycles. The largest absolute Gasteiger partial charge is 0.325 e. The van der Waals surface area contributed by atoms with Crippen molar-refractivity contribution in [3.63, 3.8) is 0 Å². The number of amides is 1. The Morgan fingerprint density at radius 1 is 1.24 bits per heavy atom. The molecule has 2 aromatic rings. The second-order valence-corrected chi connectivity index (χ2v) is 9.28. The summed E-state index contributed by atoms with van der Waals surface area (Å²) in [5.74, 6) is -0.908. The number of non-ortho nitro benzene ring substituents is 1. The summed E-state index contributed by atoms with van der Waals surface area (Å²) < 4.78 is 27.0. The fourth-order valence-electron chi connectivity index (χ4n) is 3.22. The molecule has 8 nitrogen and oxygen atoms in total. The summed E-state index contributed by atoms with van der Waals surface area (Å²) in [6, 6.07) is 10.1. The molecule has 1 N–H and O–H groups in total. The Morgan fingerprint density at radius 2 is 1.93 bits per heavy atom. The number of nitro benzene ring substituents is 1. The third-order valence-corrected chi connectivity index (χ3v) is 7.03. The number of hydrogen-bond acceptors (Lipinski definition) is 5. The molecule has 10 heteroatoms. The number of sulfonamides is 1. The average Bonchev–Trinajstić information content (AvgIpc) is 2.70.